The fraction of sp³-hybridized carbons (Fsp3) is 0.455. The summed E-state index contributed by atoms with van der Waals surface area (Å²) in [7, 11) is 6.53. The second kappa shape index (κ2) is 46.8. The van der Waals surface area contributed by atoms with Crippen molar-refractivity contribution >= 4 is 63.1 Å². The highest BCUT2D eigenvalue weighted by molar-refractivity contribution is 6.76. The van der Waals surface area contributed by atoms with E-state index in [0.29, 0.717) is 92.0 Å². The number of esters is 3. The van der Waals surface area contributed by atoms with E-state index in [1.54, 1.807) is 107 Å². The number of hydrogen-bond acceptors (Lipinski definition) is 22. The maximum absolute atomic E-state index is 13.6. The number of halogens is 1. The van der Waals surface area contributed by atoms with Crippen molar-refractivity contribution < 1.29 is 105 Å². The molecule has 6 aromatic carbocycles. The number of benzene rings is 6. The predicted molar refractivity (Wildman–Crippen MR) is 443 cm³/mol. The number of carbonyl (C=O) groups is 4. The average molecular weight is 1620 g/mol. The van der Waals surface area contributed by atoms with Gasteiger partial charge >= 0.3 is 17.9 Å². The van der Waals surface area contributed by atoms with Gasteiger partial charge in [-0.1, -0.05) is 168 Å². The summed E-state index contributed by atoms with van der Waals surface area (Å²) in [5.74, 6) is -0.0742. The molecule has 0 amide bonds. The Bertz CT molecular complexity index is 4000. The van der Waals surface area contributed by atoms with Crippen molar-refractivity contribution in [2.45, 2.75) is 167 Å². The summed E-state index contributed by atoms with van der Waals surface area (Å²) in [6.07, 6.45) is 11.7. The first-order valence-corrected chi connectivity index (χ1v) is 45.6. The fourth-order valence-corrected chi connectivity index (χ4v) is 13.1. The Hall–Kier alpha value is -8.48. The molecule has 8 rings (SSSR count). The molecule has 8 atom stereocenters. The van der Waals surface area contributed by atoms with Gasteiger partial charge in [0, 0.05) is 48.1 Å². The third-order valence-corrected chi connectivity index (χ3v) is 21.1. The molecule has 0 spiro atoms. The first-order valence-electron chi connectivity index (χ1n) is 37.8. The first-order chi connectivity index (χ1) is 53.8. The molecule has 0 radical (unpaired) electrons. The van der Waals surface area contributed by atoms with Crippen LogP contribution in [0.15, 0.2) is 170 Å². The van der Waals surface area contributed by atoms with E-state index < -0.39 is 87.5 Å². The Kier molecular flexibility index (Phi) is 38.7. The largest absolute Gasteiger partial charge is 0.497 e. The number of aliphatic hydroxyl groups is 1. The first kappa shape index (κ1) is 93.4. The Morgan fingerprint density at radius 3 is 1.28 bits per heavy atom. The number of hydrogen-bond donors (Lipinski definition) is 1. The van der Waals surface area contributed by atoms with E-state index in [9.17, 15) is 24.3 Å². The van der Waals surface area contributed by atoms with E-state index in [1.807, 2.05) is 145 Å². The molecule has 25 heteroatoms. The minimum atomic E-state index is -1.45. The maximum Gasteiger partial charge on any atom is 0.342 e. The quantitative estimate of drug-likeness (QED) is 0.00936. The molecular weight excluding hydrogens is 1500 g/mol. The zero-order chi connectivity index (χ0) is 82.7. The normalized spacial score (nSPS) is 17.6. The molecule has 2 aliphatic heterocycles. The van der Waals surface area contributed by atoms with E-state index in [1.165, 1.54) is 14.2 Å². The van der Waals surface area contributed by atoms with Crippen LogP contribution in [-0.2, 0) is 65.3 Å². The molecule has 0 aromatic heterocycles. The molecule has 113 heavy (non-hydrogen) atoms. The second-order valence-corrected chi connectivity index (χ2v) is 42.1. The Labute approximate surface area is 674 Å². The van der Waals surface area contributed by atoms with Crippen LogP contribution < -0.4 is 28.4 Å². The molecule has 22 nitrogen and oxygen atoms in total. The lowest BCUT2D eigenvalue weighted by Gasteiger charge is -2.24. The van der Waals surface area contributed by atoms with E-state index >= 15 is 0 Å². The molecule has 616 valence electrons. The maximum atomic E-state index is 13.6. The summed E-state index contributed by atoms with van der Waals surface area (Å²) in [6, 6.07) is 41.5. The Balaban J connectivity index is 0.000000319. The van der Waals surface area contributed by atoms with Gasteiger partial charge in [0.25, 0.3) is 5.24 Å². The average Bonchev–Trinajstić information content (AvgIpc) is 1.01. The standard InChI is InChI=1S/C44H58O11Si.C37H54O10Si.C7H5ClO/c1-31(28-50-29-32-19-21-35(48-5)22-20-32)18-23-37(53-42(45)33-14-11-10-12-15-33)41-38(54-44(2,3)55-41)17-13-16-34-26-36(49-6)27-39(52-30-47-4)40(34)43(46)51-24-25-56(7,8)9;1-26(23-43-24-27-14-16-29(41-5)17-15-27)13-18-31(38)35-32(46-37(2,3)47-35)12-10-11-28-21-30(42-6)22-33(45-25-40-4)34(28)36(39)44-19-20-48(7,8)9;8-7(9)6-4-2-1-3-5-6/h10-16,18-23,26-27,31,37-38,41H,17,24-25,28-30H2,1-9H3;10-11,13-18,21-22,26,31-32,35,38H,12,19-20,23-25H2,1-9H3;1-5H/b16-13+,23-18-;11-10+,18-13-;/t31-,37?,38-,41+;26-,31?,32-,35+;/m00./s1. The summed E-state index contributed by atoms with van der Waals surface area (Å²) < 4.78 is 98.0. The lowest BCUT2D eigenvalue weighted by molar-refractivity contribution is -0.153. The van der Waals surface area contributed by atoms with E-state index in [0.717, 1.165) is 34.7 Å². The molecule has 0 aliphatic carbocycles. The van der Waals surface area contributed by atoms with Gasteiger partial charge in [-0.15, -0.1) is 0 Å². The smallest absolute Gasteiger partial charge is 0.342 e. The summed E-state index contributed by atoms with van der Waals surface area (Å²) in [5, 5.41) is 10.7. The van der Waals surface area contributed by atoms with Crippen LogP contribution in [0.5, 0.6) is 34.5 Å². The van der Waals surface area contributed by atoms with Crippen LogP contribution in [0.3, 0.4) is 0 Å². The van der Waals surface area contributed by atoms with Gasteiger partial charge in [0.05, 0.1) is 85.9 Å². The van der Waals surface area contributed by atoms with E-state index in [4.69, 9.17) is 92.1 Å². The third-order valence-electron chi connectivity index (χ3n) is 17.5. The number of methoxy groups -OCH3 is 6. The SMILES string of the molecule is COCOc1cc(OC)cc(/C=C/C[C@@H]2OC(C)(C)O[C@@H]2C(/C=C\[C@H](C)COCc2ccc(OC)cc2)OC(=O)c2ccccc2)c1C(=O)OCC[Si](C)(C)C.COCOc1cc(OC)cc(/C=C/C[C@@H]2OC(C)(C)O[C@@H]2C(O)/C=C\[C@H](C)COCc2ccc(OC)cc2)c1C(=O)OCC[Si](C)(C)C.O=C(Cl)c1ccccc1. The highest BCUT2D eigenvalue weighted by Gasteiger charge is 2.46. The van der Waals surface area contributed by atoms with Crippen LogP contribution in [0.25, 0.3) is 12.2 Å². The topological polar surface area (TPSA) is 245 Å². The Morgan fingerprint density at radius 1 is 0.496 bits per heavy atom. The fourth-order valence-electron chi connectivity index (χ4n) is 11.5. The van der Waals surface area contributed by atoms with Gasteiger partial charge < -0.3 is 85.6 Å². The Morgan fingerprint density at radius 2 is 0.894 bits per heavy atom. The number of carbonyl (C=O) groups excluding carboxylic acids is 4. The van der Waals surface area contributed by atoms with Crippen LogP contribution in [0.2, 0.25) is 51.4 Å². The van der Waals surface area contributed by atoms with Crippen molar-refractivity contribution in [2.75, 3.05) is 82.7 Å². The van der Waals surface area contributed by atoms with Gasteiger partial charge in [0.1, 0.15) is 70.0 Å². The molecule has 0 saturated carbocycles. The van der Waals surface area contributed by atoms with Crippen LogP contribution in [0.1, 0.15) is 118 Å². The van der Waals surface area contributed by atoms with Gasteiger partial charge in [-0.3, -0.25) is 4.79 Å². The van der Waals surface area contributed by atoms with E-state index in [-0.39, 0.29) is 42.3 Å². The summed E-state index contributed by atoms with van der Waals surface area (Å²) in [6.45, 7) is 27.1. The summed E-state index contributed by atoms with van der Waals surface area (Å²) >= 11 is 5.16. The number of ether oxygens (including phenoxy) is 17. The lowest BCUT2D eigenvalue weighted by atomic mass is 10.0. The minimum absolute atomic E-state index is 0.00800. The van der Waals surface area contributed by atoms with Crippen molar-refractivity contribution in [3.8, 4) is 34.5 Å². The van der Waals surface area contributed by atoms with Crippen LogP contribution in [0.4, 0.5) is 0 Å². The van der Waals surface area contributed by atoms with E-state index in [2.05, 4.69) is 39.3 Å². The minimum Gasteiger partial charge on any atom is -0.497 e. The second-order valence-electron chi connectivity index (χ2n) is 30.5. The van der Waals surface area contributed by atoms with Crippen molar-refractivity contribution in [1.82, 2.24) is 0 Å². The van der Waals surface area contributed by atoms with Crippen molar-refractivity contribution in [1.29, 1.82) is 0 Å². The molecule has 6 aromatic rings. The van der Waals surface area contributed by atoms with Crippen molar-refractivity contribution in [3.63, 3.8) is 0 Å². The molecule has 2 heterocycles. The van der Waals surface area contributed by atoms with Gasteiger partial charge in [-0.2, -0.15) is 0 Å². The summed E-state index contributed by atoms with van der Waals surface area (Å²) in [4.78, 5) is 50.8. The van der Waals surface area contributed by atoms with Crippen molar-refractivity contribution in [2.24, 2.45) is 11.8 Å². The molecule has 2 fully saturated rings. The van der Waals surface area contributed by atoms with Gasteiger partial charge in [-0.05, 0) is 153 Å². The molecule has 1 N–H and O–H groups in total. The highest BCUT2D eigenvalue weighted by Crippen LogP contribution is 2.38. The molecule has 2 aliphatic rings. The van der Waals surface area contributed by atoms with Crippen LogP contribution in [0, 0.1) is 11.8 Å². The molecular formula is C88H117ClO22Si2. The zero-order valence-corrected chi connectivity index (χ0v) is 71.6. The third kappa shape index (κ3) is 33.1. The predicted octanol–water partition coefficient (Wildman–Crippen LogP) is 17.7. The van der Waals surface area contributed by atoms with Crippen LogP contribution >= 0.6 is 11.6 Å². The zero-order valence-electron chi connectivity index (χ0n) is 68.8. The summed E-state index contributed by atoms with van der Waals surface area (Å²) in [5.41, 5.74) is 4.70. The number of rotatable bonds is 41. The number of aliphatic hydroxyl groups excluding tert-OH is 1. The van der Waals surface area contributed by atoms with Gasteiger partial charge in [0.2, 0.25) is 0 Å². The lowest BCUT2D eigenvalue weighted by Crippen LogP contribution is -2.37. The van der Waals surface area contributed by atoms with Gasteiger partial charge in [0.15, 0.2) is 25.2 Å². The monoisotopic (exact) mass is 1620 g/mol. The van der Waals surface area contributed by atoms with Gasteiger partial charge in [-0.25, -0.2) is 14.4 Å². The van der Waals surface area contributed by atoms with Crippen LogP contribution in [-0.4, -0.2) is 175 Å². The molecule has 2 saturated heterocycles. The highest BCUT2D eigenvalue weighted by atomic mass is 35.5. The molecule has 0 bridgehead atoms. The van der Waals surface area contributed by atoms with Crippen molar-refractivity contribution in [3.05, 3.63) is 214 Å². The molecule has 2 unspecified atom stereocenters.